The Balaban J connectivity index is 1.71. The van der Waals surface area contributed by atoms with E-state index in [9.17, 15) is 4.79 Å². The summed E-state index contributed by atoms with van der Waals surface area (Å²) in [7, 11) is 0. The molecule has 0 heterocycles. The van der Waals surface area contributed by atoms with Crippen molar-refractivity contribution < 1.29 is 9.53 Å². The topological polar surface area (TPSA) is 38.3 Å². The van der Waals surface area contributed by atoms with Crippen LogP contribution in [0, 0.1) is 6.92 Å². The third-order valence-corrected chi connectivity index (χ3v) is 4.63. The van der Waals surface area contributed by atoms with Gasteiger partial charge in [0.1, 0.15) is 5.75 Å². The molecule has 0 saturated heterocycles. The number of aryl methyl sites for hydroxylation is 1. The largest absolute Gasteiger partial charge is 0.480 e. The molecule has 0 radical (unpaired) electrons. The van der Waals surface area contributed by atoms with E-state index in [0.29, 0.717) is 0 Å². The number of amides is 1. The van der Waals surface area contributed by atoms with Gasteiger partial charge in [0.15, 0.2) is 6.10 Å². The molecule has 3 aromatic rings. The minimum atomic E-state index is -0.569. The average Bonchev–Trinajstić information content (AvgIpc) is 2.67. The van der Waals surface area contributed by atoms with Crippen LogP contribution in [0.5, 0.6) is 5.75 Å². The first-order chi connectivity index (χ1) is 12.6. The zero-order valence-corrected chi connectivity index (χ0v) is 15.5. The highest BCUT2D eigenvalue weighted by Crippen LogP contribution is 2.26. The van der Waals surface area contributed by atoms with Crippen molar-refractivity contribution in [2.75, 3.05) is 0 Å². The standard InChI is InChI=1S/C23H25NO2/c1-4-21(19-14-12-16(2)13-15-19)24-23(25)17(3)26-22-11-7-9-18-8-5-6-10-20(18)22/h5-15,17,21H,4H2,1-3H3,(H,24,25). The lowest BCUT2D eigenvalue weighted by molar-refractivity contribution is -0.128. The predicted octanol–water partition coefficient (Wildman–Crippen LogP) is 5.18. The van der Waals surface area contributed by atoms with Crippen molar-refractivity contribution in [2.24, 2.45) is 0 Å². The van der Waals surface area contributed by atoms with E-state index in [-0.39, 0.29) is 11.9 Å². The first-order valence-corrected chi connectivity index (χ1v) is 9.10. The number of carbonyl (C=O) groups is 1. The third kappa shape index (κ3) is 4.05. The average molecular weight is 347 g/mol. The lowest BCUT2D eigenvalue weighted by atomic mass is 10.0. The first-order valence-electron chi connectivity index (χ1n) is 9.10. The van der Waals surface area contributed by atoms with Gasteiger partial charge in [0.2, 0.25) is 0 Å². The molecule has 0 saturated carbocycles. The van der Waals surface area contributed by atoms with E-state index in [4.69, 9.17) is 4.74 Å². The van der Waals surface area contributed by atoms with Gasteiger partial charge in [-0.3, -0.25) is 4.79 Å². The van der Waals surface area contributed by atoms with Gasteiger partial charge in [-0.25, -0.2) is 0 Å². The summed E-state index contributed by atoms with van der Waals surface area (Å²) in [4.78, 5) is 12.7. The molecule has 0 aliphatic heterocycles. The zero-order valence-electron chi connectivity index (χ0n) is 15.5. The van der Waals surface area contributed by atoms with Crippen molar-refractivity contribution in [3.63, 3.8) is 0 Å². The second kappa shape index (κ2) is 8.05. The highest BCUT2D eigenvalue weighted by molar-refractivity contribution is 5.89. The number of carbonyl (C=O) groups excluding carboxylic acids is 1. The Hall–Kier alpha value is -2.81. The van der Waals surface area contributed by atoms with Gasteiger partial charge >= 0.3 is 0 Å². The fourth-order valence-electron chi connectivity index (χ4n) is 3.05. The summed E-state index contributed by atoms with van der Waals surface area (Å²) in [5, 5.41) is 5.22. The Morgan fingerprint density at radius 3 is 2.42 bits per heavy atom. The predicted molar refractivity (Wildman–Crippen MR) is 106 cm³/mol. The Bertz CT molecular complexity index is 881. The third-order valence-electron chi connectivity index (χ3n) is 4.63. The van der Waals surface area contributed by atoms with Crippen molar-refractivity contribution in [3.8, 4) is 5.75 Å². The molecule has 134 valence electrons. The smallest absolute Gasteiger partial charge is 0.261 e. The summed E-state index contributed by atoms with van der Waals surface area (Å²) in [6.07, 6.45) is 0.260. The van der Waals surface area contributed by atoms with Crippen LogP contribution >= 0.6 is 0 Å². The van der Waals surface area contributed by atoms with Crippen LogP contribution in [0.2, 0.25) is 0 Å². The molecule has 3 aromatic carbocycles. The maximum Gasteiger partial charge on any atom is 0.261 e. The van der Waals surface area contributed by atoms with E-state index in [2.05, 4.69) is 43.4 Å². The summed E-state index contributed by atoms with van der Waals surface area (Å²) < 4.78 is 5.98. The number of hydrogen-bond donors (Lipinski definition) is 1. The van der Waals surface area contributed by atoms with E-state index < -0.39 is 6.10 Å². The van der Waals surface area contributed by atoms with Crippen LogP contribution in [0.25, 0.3) is 10.8 Å². The number of fused-ring (bicyclic) bond motifs is 1. The molecule has 0 fully saturated rings. The fraction of sp³-hybridized carbons (Fsp3) is 0.261. The zero-order chi connectivity index (χ0) is 18.5. The molecule has 0 bridgehead atoms. The van der Waals surface area contributed by atoms with Gasteiger partial charge in [0.25, 0.3) is 5.91 Å². The second-order valence-electron chi connectivity index (χ2n) is 6.62. The molecule has 2 atom stereocenters. The molecule has 2 unspecified atom stereocenters. The molecule has 0 aliphatic rings. The molecule has 0 aliphatic carbocycles. The molecule has 26 heavy (non-hydrogen) atoms. The summed E-state index contributed by atoms with van der Waals surface area (Å²) in [5.41, 5.74) is 2.33. The van der Waals surface area contributed by atoms with Gasteiger partial charge in [0, 0.05) is 5.39 Å². The number of hydrogen-bond acceptors (Lipinski definition) is 2. The number of nitrogens with one attached hydrogen (secondary N) is 1. The Kier molecular flexibility index (Phi) is 5.57. The van der Waals surface area contributed by atoms with Crippen LogP contribution in [0.4, 0.5) is 0 Å². The SMILES string of the molecule is CCC(NC(=O)C(C)Oc1cccc2ccccc12)c1ccc(C)cc1. The lowest BCUT2D eigenvalue weighted by Gasteiger charge is -2.21. The van der Waals surface area contributed by atoms with Crippen molar-refractivity contribution in [2.45, 2.75) is 39.3 Å². The van der Waals surface area contributed by atoms with Crippen molar-refractivity contribution in [3.05, 3.63) is 77.9 Å². The Morgan fingerprint density at radius 2 is 1.69 bits per heavy atom. The molecule has 3 rings (SSSR count). The summed E-state index contributed by atoms with van der Waals surface area (Å²) in [6.45, 7) is 5.92. The summed E-state index contributed by atoms with van der Waals surface area (Å²) in [6, 6.07) is 22.2. The van der Waals surface area contributed by atoms with Gasteiger partial charge in [0.05, 0.1) is 6.04 Å². The minimum absolute atomic E-state index is 0.0123. The number of benzene rings is 3. The van der Waals surface area contributed by atoms with Gasteiger partial charge in [-0.15, -0.1) is 0 Å². The number of ether oxygens (including phenoxy) is 1. The van der Waals surface area contributed by atoms with Gasteiger partial charge in [-0.2, -0.15) is 0 Å². The molecular weight excluding hydrogens is 322 g/mol. The van der Waals surface area contributed by atoms with Crippen LogP contribution in [0.15, 0.2) is 66.7 Å². The monoisotopic (exact) mass is 347 g/mol. The maximum atomic E-state index is 12.7. The summed E-state index contributed by atoms with van der Waals surface area (Å²) in [5.74, 6) is 0.625. The van der Waals surface area contributed by atoms with E-state index in [1.807, 2.05) is 42.5 Å². The van der Waals surface area contributed by atoms with E-state index >= 15 is 0 Å². The van der Waals surface area contributed by atoms with Crippen LogP contribution in [0.3, 0.4) is 0 Å². The number of rotatable bonds is 6. The highest BCUT2D eigenvalue weighted by atomic mass is 16.5. The van der Waals surface area contributed by atoms with Crippen LogP contribution in [-0.2, 0) is 4.79 Å². The van der Waals surface area contributed by atoms with Gasteiger partial charge in [-0.05, 0) is 37.3 Å². The maximum absolute atomic E-state index is 12.7. The van der Waals surface area contributed by atoms with Crippen LogP contribution in [-0.4, -0.2) is 12.0 Å². The Labute approximate surface area is 155 Å². The second-order valence-corrected chi connectivity index (χ2v) is 6.62. The molecule has 0 aromatic heterocycles. The highest BCUT2D eigenvalue weighted by Gasteiger charge is 2.20. The fourth-order valence-corrected chi connectivity index (χ4v) is 3.05. The van der Waals surface area contributed by atoms with Crippen LogP contribution in [0.1, 0.15) is 37.4 Å². The van der Waals surface area contributed by atoms with Crippen molar-refractivity contribution in [1.82, 2.24) is 5.32 Å². The molecule has 3 heteroatoms. The molecular formula is C23H25NO2. The van der Waals surface area contributed by atoms with Gasteiger partial charge in [-0.1, -0.05) is 73.2 Å². The van der Waals surface area contributed by atoms with Crippen molar-refractivity contribution >= 4 is 16.7 Å². The first kappa shape index (κ1) is 18.0. The van der Waals surface area contributed by atoms with E-state index in [1.54, 1.807) is 6.92 Å². The van der Waals surface area contributed by atoms with Crippen molar-refractivity contribution in [1.29, 1.82) is 0 Å². The molecule has 3 nitrogen and oxygen atoms in total. The van der Waals surface area contributed by atoms with E-state index in [1.165, 1.54) is 5.56 Å². The summed E-state index contributed by atoms with van der Waals surface area (Å²) >= 11 is 0. The quantitative estimate of drug-likeness (QED) is 0.667. The lowest BCUT2D eigenvalue weighted by Crippen LogP contribution is -2.38. The molecule has 1 amide bonds. The molecule has 0 spiro atoms. The minimum Gasteiger partial charge on any atom is -0.480 e. The Morgan fingerprint density at radius 1 is 1.00 bits per heavy atom. The van der Waals surface area contributed by atoms with Crippen LogP contribution < -0.4 is 10.1 Å². The van der Waals surface area contributed by atoms with Gasteiger partial charge < -0.3 is 10.1 Å². The molecule has 1 N–H and O–H groups in total. The van der Waals surface area contributed by atoms with E-state index in [0.717, 1.165) is 28.5 Å². The normalized spacial score (nSPS) is 13.2.